The quantitative estimate of drug-likeness (QED) is 0.434. The maximum Gasteiger partial charge on any atom is 0.404 e. The van der Waals surface area contributed by atoms with E-state index in [-0.39, 0.29) is 23.1 Å². The van der Waals surface area contributed by atoms with Crippen molar-refractivity contribution in [2.45, 2.75) is 0 Å². The number of non-ortho nitro benzene ring substituents is 1. The first-order chi connectivity index (χ1) is 13.9. The van der Waals surface area contributed by atoms with Gasteiger partial charge in [-0.25, -0.2) is 9.18 Å². The van der Waals surface area contributed by atoms with Gasteiger partial charge >= 0.3 is 6.09 Å². The highest BCUT2D eigenvalue weighted by molar-refractivity contribution is 5.64. The predicted octanol–water partition coefficient (Wildman–Crippen LogP) is 2.47. The summed E-state index contributed by atoms with van der Waals surface area (Å²) in [5.74, 6) is 5.47. The molecule has 0 aliphatic carbocycles. The molecule has 0 bridgehead atoms. The first kappa shape index (κ1) is 20.0. The number of halogens is 1. The normalized spacial score (nSPS) is 13.7. The van der Waals surface area contributed by atoms with E-state index in [1.807, 2.05) is 0 Å². The molecule has 29 heavy (non-hydrogen) atoms. The number of pyridine rings is 1. The summed E-state index contributed by atoms with van der Waals surface area (Å²) in [5, 5.41) is 21.6. The minimum atomic E-state index is -1.03. The zero-order valence-corrected chi connectivity index (χ0v) is 15.2. The van der Waals surface area contributed by atoms with Crippen LogP contribution in [-0.2, 0) is 0 Å². The molecule has 1 fully saturated rings. The Morgan fingerprint density at radius 1 is 1.41 bits per heavy atom. The fraction of sp³-hybridized carbons (Fsp3) is 0.263. The van der Waals surface area contributed by atoms with E-state index in [2.05, 4.69) is 27.0 Å². The van der Waals surface area contributed by atoms with Gasteiger partial charge in [0, 0.05) is 50.1 Å². The lowest BCUT2D eigenvalue weighted by atomic mass is 10.0. The molecule has 1 saturated heterocycles. The number of ether oxygens (including phenoxy) is 1. The Morgan fingerprint density at radius 2 is 2.21 bits per heavy atom. The van der Waals surface area contributed by atoms with Gasteiger partial charge in [-0.1, -0.05) is 11.8 Å². The van der Waals surface area contributed by atoms with Gasteiger partial charge in [0.05, 0.1) is 23.1 Å². The summed E-state index contributed by atoms with van der Waals surface area (Å²) >= 11 is 0. The number of nitro groups is 1. The molecule has 2 aromatic rings. The highest BCUT2D eigenvalue weighted by Gasteiger charge is 2.25. The summed E-state index contributed by atoms with van der Waals surface area (Å²) in [5.41, 5.74) is 0.0888. The number of aromatic nitrogens is 1. The van der Waals surface area contributed by atoms with Crippen LogP contribution >= 0.6 is 0 Å². The molecule has 0 radical (unpaired) electrons. The van der Waals surface area contributed by atoms with Gasteiger partial charge in [0.1, 0.15) is 5.75 Å². The van der Waals surface area contributed by atoms with Crippen molar-refractivity contribution in [2.24, 2.45) is 5.92 Å². The molecule has 9 nitrogen and oxygen atoms in total. The van der Waals surface area contributed by atoms with Gasteiger partial charge < -0.3 is 15.2 Å². The lowest BCUT2D eigenvalue weighted by Crippen LogP contribution is -2.51. The van der Waals surface area contributed by atoms with Crippen LogP contribution in [0.15, 0.2) is 36.7 Å². The Morgan fingerprint density at radius 3 is 2.90 bits per heavy atom. The van der Waals surface area contributed by atoms with Crippen molar-refractivity contribution in [2.75, 3.05) is 26.2 Å². The second-order valence-corrected chi connectivity index (χ2v) is 6.39. The predicted molar refractivity (Wildman–Crippen MR) is 100 cm³/mol. The van der Waals surface area contributed by atoms with Gasteiger partial charge in [-0.3, -0.25) is 20.0 Å². The van der Waals surface area contributed by atoms with Gasteiger partial charge in [0.2, 0.25) is 0 Å². The molecule has 1 aliphatic rings. The van der Waals surface area contributed by atoms with E-state index in [0.29, 0.717) is 18.7 Å². The van der Waals surface area contributed by atoms with Crippen LogP contribution in [0.5, 0.6) is 11.5 Å². The molecule has 0 atom stereocenters. The van der Waals surface area contributed by atoms with Crippen molar-refractivity contribution in [1.82, 2.24) is 15.2 Å². The molecule has 1 amide bonds. The topological polar surface area (TPSA) is 118 Å². The highest BCUT2D eigenvalue weighted by atomic mass is 19.1. The van der Waals surface area contributed by atoms with Gasteiger partial charge in [-0.05, 0) is 6.07 Å². The average Bonchev–Trinajstić information content (AvgIpc) is 2.65. The number of nitro benzene ring substituents is 1. The molecule has 2 heterocycles. The van der Waals surface area contributed by atoms with Crippen LogP contribution in [0.1, 0.15) is 5.56 Å². The summed E-state index contributed by atoms with van der Waals surface area (Å²) in [6.45, 7) is 2.41. The van der Waals surface area contributed by atoms with E-state index < -0.39 is 16.8 Å². The van der Waals surface area contributed by atoms with Crippen LogP contribution in [0.3, 0.4) is 0 Å². The molecule has 1 aromatic heterocycles. The number of amides is 1. The monoisotopic (exact) mass is 400 g/mol. The zero-order valence-electron chi connectivity index (χ0n) is 15.2. The van der Waals surface area contributed by atoms with E-state index in [9.17, 15) is 19.3 Å². The lowest BCUT2D eigenvalue weighted by molar-refractivity contribution is -0.385. The van der Waals surface area contributed by atoms with Gasteiger partial charge in [-0.2, -0.15) is 0 Å². The molecule has 2 N–H and O–H groups in total. The standard InChI is InChI=1S/C19H17FN4O5/c20-16-8-15(24(27)28)3-4-18(16)29-17-5-6-21-10-14(17)2-1-7-23-11-13(12-23)9-22-19(25)26/h3-6,8,10,13,22H,7,9,11-12H2,(H,25,26). The lowest BCUT2D eigenvalue weighted by Gasteiger charge is -2.37. The average molecular weight is 400 g/mol. The van der Waals surface area contributed by atoms with Gasteiger partial charge in [-0.15, -0.1) is 0 Å². The second kappa shape index (κ2) is 8.99. The molecule has 150 valence electrons. The zero-order chi connectivity index (χ0) is 20.8. The number of carboxylic acid groups (broad SMARTS) is 1. The van der Waals surface area contributed by atoms with E-state index in [0.717, 1.165) is 25.2 Å². The van der Waals surface area contributed by atoms with Crippen molar-refractivity contribution in [3.8, 4) is 23.3 Å². The minimum Gasteiger partial charge on any atom is -0.465 e. The Kier molecular flexibility index (Phi) is 6.21. The number of benzene rings is 1. The maximum atomic E-state index is 14.1. The molecular weight excluding hydrogens is 383 g/mol. The number of carbonyl (C=O) groups is 1. The second-order valence-electron chi connectivity index (χ2n) is 6.39. The van der Waals surface area contributed by atoms with Crippen LogP contribution < -0.4 is 10.1 Å². The number of likely N-dealkylation sites (tertiary alicyclic amines) is 1. The molecule has 0 saturated carbocycles. The van der Waals surface area contributed by atoms with Crippen molar-refractivity contribution in [3.05, 3.63) is 58.2 Å². The SMILES string of the molecule is O=C(O)NCC1CN(CC#Cc2cnccc2Oc2ccc([N+](=O)[O-])cc2F)C1. The fourth-order valence-corrected chi connectivity index (χ4v) is 2.78. The van der Waals surface area contributed by atoms with E-state index in [1.54, 1.807) is 0 Å². The summed E-state index contributed by atoms with van der Waals surface area (Å²) in [6, 6.07) is 4.67. The number of nitrogens with one attached hydrogen (secondary N) is 1. The summed E-state index contributed by atoms with van der Waals surface area (Å²) < 4.78 is 19.6. The fourth-order valence-electron chi connectivity index (χ4n) is 2.78. The van der Waals surface area contributed by atoms with Crippen molar-refractivity contribution < 1.29 is 24.0 Å². The van der Waals surface area contributed by atoms with E-state index in [1.165, 1.54) is 24.5 Å². The number of hydrogen-bond acceptors (Lipinski definition) is 6. The molecule has 0 spiro atoms. The molecule has 10 heteroatoms. The van der Waals surface area contributed by atoms with Crippen molar-refractivity contribution in [3.63, 3.8) is 0 Å². The smallest absolute Gasteiger partial charge is 0.404 e. The Labute approximate surface area is 165 Å². The van der Waals surface area contributed by atoms with Crippen LogP contribution in [-0.4, -0.2) is 52.2 Å². The highest BCUT2D eigenvalue weighted by Crippen LogP contribution is 2.29. The van der Waals surface area contributed by atoms with Gasteiger partial charge in [0.15, 0.2) is 11.6 Å². The van der Waals surface area contributed by atoms with Crippen LogP contribution in [0.2, 0.25) is 0 Å². The largest absolute Gasteiger partial charge is 0.465 e. The minimum absolute atomic E-state index is 0.152. The number of hydrogen-bond donors (Lipinski definition) is 2. The molecule has 1 aliphatic heterocycles. The number of rotatable bonds is 6. The molecule has 0 unspecified atom stereocenters. The summed E-state index contributed by atoms with van der Waals surface area (Å²) in [7, 11) is 0. The van der Waals surface area contributed by atoms with Crippen LogP contribution in [0.25, 0.3) is 0 Å². The van der Waals surface area contributed by atoms with Crippen molar-refractivity contribution >= 4 is 11.8 Å². The Balaban J connectivity index is 1.60. The third kappa shape index (κ3) is 5.40. The van der Waals surface area contributed by atoms with Crippen LogP contribution in [0, 0.1) is 33.7 Å². The van der Waals surface area contributed by atoms with Crippen molar-refractivity contribution in [1.29, 1.82) is 0 Å². The van der Waals surface area contributed by atoms with E-state index >= 15 is 0 Å². The third-order valence-corrected chi connectivity index (χ3v) is 4.23. The first-order valence-electron chi connectivity index (χ1n) is 8.66. The van der Waals surface area contributed by atoms with Gasteiger partial charge in [0.25, 0.3) is 5.69 Å². The van der Waals surface area contributed by atoms with E-state index in [4.69, 9.17) is 9.84 Å². The third-order valence-electron chi connectivity index (χ3n) is 4.23. The maximum absolute atomic E-state index is 14.1. The number of nitrogens with zero attached hydrogens (tertiary/aromatic N) is 3. The Hall–Kier alpha value is -3.71. The Bertz CT molecular complexity index is 982. The molecular formula is C19H17FN4O5. The summed E-state index contributed by atoms with van der Waals surface area (Å²) in [4.78, 5) is 26.5. The molecule has 3 rings (SSSR count). The first-order valence-corrected chi connectivity index (χ1v) is 8.66. The molecule has 1 aromatic carbocycles. The van der Waals surface area contributed by atoms with Crippen LogP contribution in [0.4, 0.5) is 14.9 Å². The summed E-state index contributed by atoms with van der Waals surface area (Å²) in [6.07, 6.45) is 1.93.